The number of aliphatic imine (C=N–C) groups is 1. The molecule has 0 bridgehead atoms. The molecule has 1 N–H and O–H groups in total. The Hall–Kier alpha value is -0.830. The van der Waals surface area contributed by atoms with E-state index in [-0.39, 0.29) is 6.61 Å². The molecule has 0 aliphatic rings. The molecule has 10 heavy (non-hydrogen) atoms. The first kappa shape index (κ1) is 9.17. The average molecular weight is 142 g/mol. The molecular formula is C7H14N2O. The first-order valence-electron chi connectivity index (χ1n) is 3.26. The van der Waals surface area contributed by atoms with Crippen molar-refractivity contribution in [2.45, 2.75) is 6.92 Å². The molecule has 0 unspecified atom stereocenters. The van der Waals surface area contributed by atoms with Crippen molar-refractivity contribution >= 4 is 6.34 Å². The van der Waals surface area contributed by atoms with Gasteiger partial charge in [0.15, 0.2) is 0 Å². The lowest BCUT2D eigenvalue weighted by Gasteiger charge is -2.03. The molecule has 0 fully saturated rings. The third-order valence-corrected chi connectivity index (χ3v) is 0.877. The van der Waals surface area contributed by atoms with Gasteiger partial charge in [-0.3, -0.25) is 4.99 Å². The van der Waals surface area contributed by atoms with Crippen LogP contribution in [-0.4, -0.2) is 36.5 Å². The quantitative estimate of drug-likeness (QED) is 0.457. The van der Waals surface area contributed by atoms with E-state index in [0.29, 0.717) is 6.54 Å². The predicted octanol–water partition coefficient (Wildman–Crippen LogP) is 0.472. The van der Waals surface area contributed by atoms with E-state index in [9.17, 15) is 0 Å². The van der Waals surface area contributed by atoms with Gasteiger partial charge in [0, 0.05) is 13.2 Å². The van der Waals surface area contributed by atoms with Crippen molar-refractivity contribution in [3.8, 4) is 0 Å². The van der Waals surface area contributed by atoms with Crippen LogP contribution in [0.3, 0.4) is 0 Å². The van der Waals surface area contributed by atoms with Crippen LogP contribution in [0.15, 0.2) is 17.3 Å². The molecule has 0 amide bonds. The van der Waals surface area contributed by atoms with E-state index in [1.807, 2.05) is 31.1 Å². The van der Waals surface area contributed by atoms with Gasteiger partial charge in [0.1, 0.15) is 0 Å². The van der Waals surface area contributed by atoms with Gasteiger partial charge in [-0.1, -0.05) is 6.08 Å². The monoisotopic (exact) mass is 142 g/mol. The minimum atomic E-state index is 0.111. The Morgan fingerprint density at radius 2 is 2.30 bits per heavy atom. The van der Waals surface area contributed by atoms with Crippen LogP contribution < -0.4 is 0 Å². The predicted molar refractivity (Wildman–Crippen MR) is 43.0 cm³/mol. The summed E-state index contributed by atoms with van der Waals surface area (Å²) in [6.45, 7) is 2.53. The van der Waals surface area contributed by atoms with Crippen LogP contribution in [0.1, 0.15) is 6.92 Å². The van der Waals surface area contributed by atoms with Crippen LogP contribution in [0.5, 0.6) is 0 Å². The second-order valence-electron chi connectivity index (χ2n) is 1.89. The number of rotatable bonds is 4. The Morgan fingerprint density at radius 1 is 1.60 bits per heavy atom. The third-order valence-electron chi connectivity index (χ3n) is 0.877. The van der Waals surface area contributed by atoms with Gasteiger partial charge in [0.05, 0.1) is 19.5 Å². The van der Waals surface area contributed by atoms with E-state index in [1.165, 1.54) is 0 Å². The maximum absolute atomic E-state index is 8.36. The second-order valence-corrected chi connectivity index (χ2v) is 1.89. The summed E-state index contributed by atoms with van der Waals surface area (Å²) in [6.07, 6.45) is 5.49. The minimum absolute atomic E-state index is 0.111. The third kappa shape index (κ3) is 5.31. The topological polar surface area (TPSA) is 35.8 Å². The number of hydrogen-bond donors (Lipinski definition) is 1. The summed E-state index contributed by atoms with van der Waals surface area (Å²) in [6, 6.07) is 0. The van der Waals surface area contributed by atoms with Crippen molar-refractivity contribution in [1.82, 2.24) is 4.90 Å². The summed E-state index contributed by atoms with van der Waals surface area (Å²) < 4.78 is 0. The number of nitrogens with zero attached hydrogens (tertiary/aromatic N) is 2. The van der Waals surface area contributed by atoms with Gasteiger partial charge in [0.25, 0.3) is 0 Å². The van der Waals surface area contributed by atoms with Crippen molar-refractivity contribution in [1.29, 1.82) is 0 Å². The first-order chi connectivity index (χ1) is 4.81. The highest BCUT2D eigenvalue weighted by Gasteiger charge is 1.79. The standard InChI is InChI=1S/C7H14N2O/c1-3-5-9(2)7-8-4-6-10/h3,5,7,10H,4,6H2,1-2H3/b5-3+,8-7?. The van der Waals surface area contributed by atoms with Gasteiger partial charge in [-0.25, -0.2) is 0 Å². The van der Waals surface area contributed by atoms with Gasteiger partial charge >= 0.3 is 0 Å². The molecule has 0 rings (SSSR count). The lowest BCUT2D eigenvalue weighted by Crippen LogP contribution is -2.07. The molecule has 58 valence electrons. The van der Waals surface area contributed by atoms with E-state index >= 15 is 0 Å². The fourth-order valence-corrected chi connectivity index (χ4v) is 0.518. The van der Waals surface area contributed by atoms with E-state index < -0.39 is 0 Å². The lowest BCUT2D eigenvalue weighted by molar-refractivity contribution is 0.306. The Bertz CT molecular complexity index is 121. The first-order valence-corrected chi connectivity index (χ1v) is 3.26. The van der Waals surface area contributed by atoms with Crippen LogP contribution >= 0.6 is 0 Å². The molecule has 0 saturated heterocycles. The van der Waals surface area contributed by atoms with E-state index in [1.54, 1.807) is 6.34 Å². The summed E-state index contributed by atoms with van der Waals surface area (Å²) >= 11 is 0. The van der Waals surface area contributed by atoms with Crippen LogP contribution in [0.4, 0.5) is 0 Å². The van der Waals surface area contributed by atoms with Crippen molar-refractivity contribution < 1.29 is 5.11 Å². The number of aliphatic hydroxyl groups is 1. The zero-order chi connectivity index (χ0) is 7.82. The maximum Gasteiger partial charge on any atom is 0.0887 e. The Labute approximate surface area is 61.7 Å². The summed E-state index contributed by atoms with van der Waals surface area (Å²) in [7, 11) is 1.89. The van der Waals surface area contributed by atoms with Crippen LogP contribution in [0.25, 0.3) is 0 Å². The highest BCUT2D eigenvalue weighted by atomic mass is 16.3. The largest absolute Gasteiger partial charge is 0.394 e. The number of aliphatic hydroxyl groups excluding tert-OH is 1. The molecular weight excluding hydrogens is 128 g/mol. The normalized spacial score (nSPS) is 11.5. The zero-order valence-corrected chi connectivity index (χ0v) is 6.49. The van der Waals surface area contributed by atoms with Gasteiger partial charge in [0.2, 0.25) is 0 Å². The minimum Gasteiger partial charge on any atom is -0.394 e. The molecule has 0 aliphatic heterocycles. The Balaban J connectivity index is 3.45. The highest BCUT2D eigenvalue weighted by molar-refractivity contribution is 5.55. The molecule has 0 saturated carbocycles. The molecule has 0 radical (unpaired) electrons. The molecule has 0 spiro atoms. The number of hydrogen-bond acceptors (Lipinski definition) is 2. The van der Waals surface area contributed by atoms with Crippen molar-refractivity contribution in [2.24, 2.45) is 4.99 Å². The number of allylic oxidation sites excluding steroid dienone is 1. The van der Waals surface area contributed by atoms with Gasteiger partial charge < -0.3 is 10.0 Å². The summed E-state index contributed by atoms with van der Waals surface area (Å²) in [5.41, 5.74) is 0. The van der Waals surface area contributed by atoms with Crippen molar-refractivity contribution in [3.63, 3.8) is 0 Å². The fourth-order valence-electron chi connectivity index (χ4n) is 0.518. The summed E-state index contributed by atoms with van der Waals surface area (Å²) in [5, 5.41) is 8.36. The fraction of sp³-hybridized carbons (Fsp3) is 0.571. The summed E-state index contributed by atoms with van der Waals surface area (Å²) in [5.74, 6) is 0. The molecule has 0 aliphatic carbocycles. The summed E-state index contributed by atoms with van der Waals surface area (Å²) in [4.78, 5) is 5.74. The van der Waals surface area contributed by atoms with Crippen LogP contribution in [0.2, 0.25) is 0 Å². The molecule has 0 atom stereocenters. The molecule has 3 heteroatoms. The van der Waals surface area contributed by atoms with Gasteiger partial charge in [-0.15, -0.1) is 0 Å². The van der Waals surface area contributed by atoms with Crippen molar-refractivity contribution in [2.75, 3.05) is 20.2 Å². The molecule has 3 nitrogen and oxygen atoms in total. The molecule has 0 aromatic rings. The maximum atomic E-state index is 8.36. The zero-order valence-electron chi connectivity index (χ0n) is 6.49. The van der Waals surface area contributed by atoms with Crippen LogP contribution in [0, 0.1) is 0 Å². The Kier molecular flexibility index (Phi) is 5.77. The smallest absolute Gasteiger partial charge is 0.0887 e. The van der Waals surface area contributed by atoms with Gasteiger partial charge in [-0.05, 0) is 6.92 Å². The lowest BCUT2D eigenvalue weighted by atomic mass is 10.6. The molecule has 0 aromatic carbocycles. The van der Waals surface area contributed by atoms with Crippen molar-refractivity contribution in [3.05, 3.63) is 12.3 Å². The Morgan fingerprint density at radius 3 is 2.80 bits per heavy atom. The average Bonchev–Trinajstić information content (AvgIpc) is 1.89. The molecule has 0 heterocycles. The van der Waals surface area contributed by atoms with E-state index in [4.69, 9.17) is 5.11 Å². The van der Waals surface area contributed by atoms with Crippen LogP contribution in [-0.2, 0) is 0 Å². The SMILES string of the molecule is C/C=C/N(C)C=NCCO. The molecule has 0 aromatic heterocycles. The van der Waals surface area contributed by atoms with Gasteiger partial charge in [-0.2, -0.15) is 0 Å². The van der Waals surface area contributed by atoms with E-state index in [0.717, 1.165) is 0 Å². The van der Waals surface area contributed by atoms with E-state index in [2.05, 4.69) is 4.99 Å². The second kappa shape index (κ2) is 6.29. The highest BCUT2D eigenvalue weighted by Crippen LogP contribution is 1.78.